The molecule has 0 aromatic heterocycles. The van der Waals surface area contributed by atoms with Crippen LogP contribution < -0.4 is 0 Å². The maximum Gasteiger partial charge on any atom is 0.333 e. The van der Waals surface area contributed by atoms with Crippen molar-refractivity contribution in [2.45, 2.75) is 23.8 Å². The van der Waals surface area contributed by atoms with Crippen LogP contribution in [-0.2, 0) is 26.5 Å². The standard InChI is InChI=1S/C19H20O4S/c1-14-8-10-15(11-9-14)12-19(17(20)21,18(22)23-2)24-13-16-6-4-3-5-7-16/h3-11H,12-13H2,1-2H3,(H,20,21). The van der Waals surface area contributed by atoms with E-state index in [2.05, 4.69) is 0 Å². The van der Waals surface area contributed by atoms with Gasteiger partial charge in [-0.15, -0.1) is 11.8 Å². The van der Waals surface area contributed by atoms with Crippen LogP contribution in [0.4, 0.5) is 0 Å². The summed E-state index contributed by atoms with van der Waals surface area (Å²) in [5.74, 6) is -1.51. The fourth-order valence-electron chi connectivity index (χ4n) is 2.35. The van der Waals surface area contributed by atoms with Crippen LogP contribution in [0.3, 0.4) is 0 Å². The minimum atomic E-state index is -1.67. The van der Waals surface area contributed by atoms with E-state index in [1.807, 2.05) is 61.5 Å². The van der Waals surface area contributed by atoms with Crippen molar-refractivity contribution in [3.05, 3.63) is 71.3 Å². The zero-order chi connectivity index (χ0) is 17.6. The molecule has 0 aliphatic rings. The predicted molar refractivity (Wildman–Crippen MR) is 95.0 cm³/mol. The Morgan fingerprint density at radius 3 is 2.21 bits per heavy atom. The normalized spacial score (nSPS) is 13.1. The molecule has 4 nitrogen and oxygen atoms in total. The number of rotatable bonds is 7. The van der Waals surface area contributed by atoms with Crippen LogP contribution in [0.15, 0.2) is 54.6 Å². The van der Waals surface area contributed by atoms with E-state index in [0.29, 0.717) is 5.75 Å². The molecule has 0 radical (unpaired) electrons. The number of thioether (sulfide) groups is 1. The molecule has 0 spiro atoms. The van der Waals surface area contributed by atoms with E-state index in [0.717, 1.165) is 28.5 Å². The smallest absolute Gasteiger partial charge is 0.333 e. The Morgan fingerprint density at radius 1 is 1.04 bits per heavy atom. The van der Waals surface area contributed by atoms with E-state index >= 15 is 0 Å². The molecule has 0 heterocycles. The lowest BCUT2D eigenvalue weighted by molar-refractivity contribution is -0.153. The van der Waals surface area contributed by atoms with Crippen LogP contribution in [0, 0.1) is 6.92 Å². The number of hydrogen-bond donors (Lipinski definition) is 1. The molecule has 2 aromatic carbocycles. The molecule has 1 N–H and O–H groups in total. The highest BCUT2D eigenvalue weighted by molar-refractivity contribution is 8.01. The largest absolute Gasteiger partial charge is 0.480 e. The van der Waals surface area contributed by atoms with Crippen LogP contribution in [0.25, 0.3) is 0 Å². The Hall–Kier alpha value is -2.27. The minimum Gasteiger partial charge on any atom is -0.480 e. The van der Waals surface area contributed by atoms with Crippen molar-refractivity contribution in [2.24, 2.45) is 0 Å². The summed E-state index contributed by atoms with van der Waals surface area (Å²) in [4.78, 5) is 24.3. The molecule has 0 aliphatic heterocycles. The van der Waals surface area contributed by atoms with Gasteiger partial charge in [-0.25, -0.2) is 4.79 Å². The van der Waals surface area contributed by atoms with E-state index in [-0.39, 0.29) is 6.42 Å². The molecule has 126 valence electrons. The van der Waals surface area contributed by atoms with Crippen LogP contribution in [0.2, 0.25) is 0 Å². The number of esters is 1. The lowest BCUT2D eigenvalue weighted by atomic mass is 9.97. The van der Waals surface area contributed by atoms with Crippen molar-refractivity contribution < 1.29 is 19.4 Å². The highest BCUT2D eigenvalue weighted by Gasteiger charge is 2.48. The molecule has 0 saturated heterocycles. The van der Waals surface area contributed by atoms with Crippen molar-refractivity contribution in [3.63, 3.8) is 0 Å². The van der Waals surface area contributed by atoms with E-state index in [1.165, 1.54) is 7.11 Å². The van der Waals surface area contributed by atoms with Crippen molar-refractivity contribution in [2.75, 3.05) is 7.11 Å². The van der Waals surface area contributed by atoms with Gasteiger partial charge >= 0.3 is 11.9 Å². The van der Waals surface area contributed by atoms with Crippen LogP contribution in [0.1, 0.15) is 16.7 Å². The molecule has 0 aliphatic carbocycles. The Balaban J connectivity index is 2.30. The van der Waals surface area contributed by atoms with Gasteiger partial charge in [0.25, 0.3) is 0 Å². The van der Waals surface area contributed by atoms with Gasteiger partial charge in [0.15, 0.2) is 0 Å². The average molecular weight is 344 g/mol. The molecule has 0 amide bonds. The summed E-state index contributed by atoms with van der Waals surface area (Å²) in [5.41, 5.74) is 2.82. The number of methoxy groups -OCH3 is 1. The maximum absolute atomic E-state index is 12.3. The van der Waals surface area contributed by atoms with Gasteiger partial charge < -0.3 is 9.84 Å². The van der Waals surface area contributed by atoms with Crippen LogP contribution in [-0.4, -0.2) is 28.9 Å². The number of carbonyl (C=O) groups excluding carboxylic acids is 1. The maximum atomic E-state index is 12.3. The summed E-state index contributed by atoms with van der Waals surface area (Å²) >= 11 is 1.09. The summed E-state index contributed by atoms with van der Waals surface area (Å²) in [7, 11) is 1.22. The molecular formula is C19H20O4S. The number of benzene rings is 2. The lowest BCUT2D eigenvalue weighted by Crippen LogP contribution is -2.46. The van der Waals surface area contributed by atoms with Crippen LogP contribution >= 0.6 is 11.8 Å². The Labute approximate surface area is 145 Å². The summed E-state index contributed by atoms with van der Waals surface area (Å²) in [6.45, 7) is 1.96. The van der Waals surface area contributed by atoms with Crippen LogP contribution in [0.5, 0.6) is 0 Å². The zero-order valence-corrected chi connectivity index (χ0v) is 14.5. The quantitative estimate of drug-likeness (QED) is 0.615. The lowest BCUT2D eigenvalue weighted by Gasteiger charge is -2.26. The number of ether oxygens (including phenoxy) is 1. The first kappa shape index (κ1) is 18.1. The summed E-state index contributed by atoms with van der Waals surface area (Å²) in [5, 5.41) is 9.80. The Morgan fingerprint density at radius 2 is 1.67 bits per heavy atom. The van der Waals surface area contributed by atoms with Gasteiger partial charge in [0.2, 0.25) is 4.75 Å². The number of carboxylic acids is 1. The van der Waals surface area contributed by atoms with Gasteiger partial charge in [-0.1, -0.05) is 60.2 Å². The highest BCUT2D eigenvalue weighted by atomic mass is 32.2. The Bertz CT molecular complexity index is 697. The number of hydrogen-bond acceptors (Lipinski definition) is 4. The predicted octanol–water partition coefficient (Wildman–Crippen LogP) is 3.47. The monoisotopic (exact) mass is 344 g/mol. The third-order valence-corrected chi connectivity index (χ3v) is 5.22. The fraction of sp³-hybridized carbons (Fsp3) is 0.263. The second-order valence-corrected chi connectivity index (χ2v) is 6.83. The molecular weight excluding hydrogens is 324 g/mol. The first-order chi connectivity index (χ1) is 11.5. The van der Waals surface area contributed by atoms with Gasteiger partial charge in [-0.05, 0) is 18.1 Å². The zero-order valence-electron chi connectivity index (χ0n) is 13.7. The first-order valence-corrected chi connectivity index (χ1v) is 8.52. The number of carboxylic acid groups (broad SMARTS) is 1. The number of aliphatic carboxylic acids is 1. The van der Waals surface area contributed by atoms with Gasteiger partial charge in [-0.3, -0.25) is 4.79 Å². The number of carbonyl (C=O) groups is 2. The Kier molecular flexibility index (Phi) is 6.04. The molecule has 2 aromatic rings. The van der Waals surface area contributed by atoms with Gasteiger partial charge in [0, 0.05) is 12.2 Å². The molecule has 0 bridgehead atoms. The van der Waals surface area contributed by atoms with E-state index in [1.54, 1.807) is 0 Å². The summed E-state index contributed by atoms with van der Waals surface area (Å²) in [6.07, 6.45) is 0.0762. The van der Waals surface area contributed by atoms with E-state index < -0.39 is 16.7 Å². The van der Waals surface area contributed by atoms with Gasteiger partial charge in [0.1, 0.15) is 0 Å². The average Bonchev–Trinajstić information content (AvgIpc) is 2.60. The third-order valence-electron chi connectivity index (χ3n) is 3.76. The second kappa shape index (κ2) is 8.02. The third kappa shape index (κ3) is 4.17. The van der Waals surface area contributed by atoms with Gasteiger partial charge in [0.05, 0.1) is 7.11 Å². The van der Waals surface area contributed by atoms with Crippen molar-refractivity contribution in [3.8, 4) is 0 Å². The summed E-state index contributed by atoms with van der Waals surface area (Å²) in [6, 6.07) is 17.0. The first-order valence-electron chi connectivity index (χ1n) is 7.53. The van der Waals surface area contributed by atoms with Crippen molar-refractivity contribution in [1.82, 2.24) is 0 Å². The molecule has 1 unspecified atom stereocenters. The number of aryl methyl sites for hydroxylation is 1. The second-order valence-electron chi connectivity index (χ2n) is 5.56. The van der Waals surface area contributed by atoms with E-state index in [4.69, 9.17) is 4.74 Å². The van der Waals surface area contributed by atoms with E-state index in [9.17, 15) is 14.7 Å². The van der Waals surface area contributed by atoms with Crippen molar-refractivity contribution >= 4 is 23.7 Å². The molecule has 2 rings (SSSR count). The molecule has 0 saturated carbocycles. The van der Waals surface area contributed by atoms with Gasteiger partial charge in [-0.2, -0.15) is 0 Å². The molecule has 5 heteroatoms. The molecule has 24 heavy (non-hydrogen) atoms. The summed E-state index contributed by atoms with van der Waals surface area (Å²) < 4.78 is 3.15. The fourth-order valence-corrected chi connectivity index (χ4v) is 3.54. The molecule has 1 atom stereocenters. The minimum absolute atomic E-state index is 0.0762. The SMILES string of the molecule is COC(=O)C(Cc1ccc(C)cc1)(SCc1ccccc1)C(=O)O. The topological polar surface area (TPSA) is 63.6 Å². The molecule has 0 fully saturated rings. The van der Waals surface area contributed by atoms with Crippen molar-refractivity contribution in [1.29, 1.82) is 0 Å². The highest BCUT2D eigenvalue weighted by Crippen LogP contribution is 2.34.